The van der Waals surface area contributed by atoms with Crippen molar-refractivity contribution in [1.29, 1.82) is 0 Å². The third-order valence-electron chi connectivity index (χ3n) is 4.77. The van der Waals surface area contributed by atoms with E-state index in [-0.39, 0.29) is 12.4 Å². The molecule has 1 nitrogen and oxygen atoms in total. The lowest BCUT2D eigenvalue weighted by molar-refractivity contribution is 0.248. The van der Waals surface area contributed by atoms with E-state index >= 15 is 0 Å². The molecule has 0 heterocycles. The van der Waals surface area contributed by atoms with Gasteiger partial charge in [0.25, 0.3) is 0 Å². The molecule has 0 unspecified atom stereocenters. The predicted octanol–water partition coefficient (Wildman–Crippen LogP) is 6.46. The molecule has 0 saturated carbocycles. The van der Waals surface area contributed by atoms with Gasteiger partial charge in [-0.05, 0) is 27.5 Å². The van der Waals surface area contributed by atoms with Gasteiger partial charge in [0.05, 0.1) is 0 Å². The molecule has 0 aliphatic carbocycles. The third kappa shape index (κ3) is 4.97. The lowest BCUT2D eigenvalue weighted by Gasteiger charge is -2.23. The maximum atomic E-state index is 2.52. The summed E-state index contributed by atoms with van der Waals surface area (Å²) in [6, 6.07) is 36.7. The molecule has 4 rings (SSSR count). The Labute approximate surface area is 167 Å². The molecule has 0 radical (unpaired) electrons. The van der Waals surface area contributed by atoms with Gasteiger partial charge >= 0.3 is 0 Å². The van der Waals surface area contributed by atoms with Crippen molar-refractivity contribution in [2.45, 2.75) is 19.6 Å². The standard InChI is InChI=1S/C25H23N.ClH/c1-3-10-21(11-4-1)18-26(19-22-12-5-2-6-13-22)20-24-16-9-15-23-14-7-8-17-25(23)24;/h1-17H,18-20H2;1H. The molecule has 2 heteroatoms. The van der Waals surface area contributed by atoms with Gasteiger partial charge in [-0.2, -0.15) is 0 Å². The van der Waals surface area contributed by atoms with Gasteiger partial charge in [-0.25, -0.2) is 0 Å². The summed E-state index contributed by atoms with van der Waals surface area (Å²) in [6.45, 7) is 2.82. The molecule has 0 N–H and O–H groups in total. The minimum Gasteiger partial charge on any atom is -0.291 e. The molecule has 4 aromatic rings. The van der Waals surface area contributed by atoms with Crippen LogP contribution in [-0.2, 0) is 19.6 Å². The van der Waals surface area contributed by atoms with Crippen LogP contribution in [0.1, 0.15) is 16.7 Å². The Morgan fingerprint density at radius 2 is 1.00 bits per heavy atom. The van der Waals surface area contributed by atoms with E-state index < -0.39 is 0 Å². The third-order valence-corrected chi connectivity index (χ3v) is 4.77. The van der Waals surface area contributed by atoms with E-state index in [1.807, 2.05) is 0 Å². The van der Waals surface area contributed by atoms with Crippen molar-refractivity contribution < 1.29 is 0 Å². The minimum absolute atomic E-state index is 0. The second kappa shape index (κ2) is 9.36. The molecule has 136 valence electrons. The first kappa shape index (κ1) is 19.2. The Morgan fingerprint density at radius 3 is 1.63 bits per heavy atom. The fourth-order valence-electron chi connectivity index (χ4n) is 3.52. The number of benzene rings is 4. The van der Waals surface area contributed by atoms with Crippen LogP contribution >= 0.6 is 12.4 Å². The molecule has 0 amide bonds. The van der Waals surface area contributed by atoms with E-state index in [2.05, 4.69) is 108 Å². The van der Waals surface area contributed by atoms with Crippen molar-refractivity contribution in [2.75, 3.05) is 0 Å². The molecule has 0 fully saturated rings. The first-order valence-electron chi connectivity index (χ1n) is 9.15. The van der Waals surface area contributed by atoms with Gasteiger partial charge in [-0.1, -0.05) is 103 Å². The van der Waals surface area contributed by atoms with Crippen molar-refractivity contribution in [1.82, 2.24) is 4.90 Å². The van der Waals surface area contributed by atoms with Crippen molar-refractivity contribution in [3.8, 4) is 0 Å². The van der Waals surface area contributed by atoms with Crippen LogP contribution in [0.15, 0.2) is 103 Å². The highest BCUT2D eigenvalue weighted by Gasteiger charge is 2.10. The number of hydrogen-bond donors (Lipinski definition) is 0. The monoisotopic (exact) mass is 373 g/mol. The van der Waals surface area contributed by atoms with E-state index in [0.717, 1.165) is 19.6 Å². The second-order valence-electron chi connectivity index (χ2n) is 6.75. The van der Waals surface area contributed by atoms with Gasteiger partial charge < -0.3 is 0 Å². The Hall–Kier alpha value is -2.61. The van der Waals surface area contributed by atoms with Crippen LogP contribution in [0.5, 0.6) is 0 Å². The molecule has 0 saturated heterocycles. The normalized spacial score (nSPS) is 10.7. The second-order valence-corrected chi connectivity index (χ2v) is 6.75. The lowest BCUT2D eigenvalue weighted by Crippen LogP contribution is -2.22. The number of nitrogens with zero attached hydrogens (tertiary/aromatic N) is 1. The smallest absolute Gasteiger partial charge is 0.0246 e. The average Bonchev–Trinajstić information content (AvgIpc) is 2.70. The Morgan fingerprint density at radius 1 is 0.481 bits per heavy atom. The van der Waals surface area contributed by atoms with Crippen molar-refractivity contribution >= 4 is 23.2 Å². The fourth-order valence-corrected chi connectivity index (χ4v) is 3.52. The minimum atomic E-state index is 0. The zero-order valence-corrected chi connectivity index (χ0v) is 16.1. The summed E-state index contributed by atoms with van der Waals surface area (Å²) in [5.41, 5.74) is 4.09. The number of fused-ring (bicyclic) bond motifs is 1. The summed E-state index contributed by atoms with van der Waals surface area (Å²) in [5, 5.41) is 2.66. The largest absolute Gasteiger partial charge is 0.291 e. The lowest BCUT2D eigenvalue weighted by atomic mass is 10.0. The molecule has 0 bridgehead atoms. The van der Waals surface area contributed by atoms with Crippen molar-refractivity contribution in [2.24, 2.45) is 0 Å². The highest BCUT2D eigenvalue weighted by Crippen LogP contribution is 2.22. The molecule has 0 aromatic heterocycles. The highest BCUT2D eigenvalue weighted by molar-refractivity contribution is 5.86. The highest BCUT2D eigenvalue weighted by atomic mass is 35.5. The summed E-state index contributed by atoms with van der Waals surface area (Å²) in [4.78, 5) is 2.52. The zero-order valence-electron chi connectivity index (χ0n) is 15.3. The van der Waals surface area contributed by atoms with Crippen LogP contribution in [-0.4, -0.2) is 4.90 Å². The summed E-state index contributed by atoms with van der Waals surface area (Å²) >= 11 is 0. The summed E-state index contributed by atoms with van der Waals surface area (Å²) < 4.78 is 0. The van der Waals surface area contributed by atoms with Crippen molar-refractivity contribution in [3.05, 3.63) is 120 Å². The number of halogens is 1. The predicted molar refractivity (Wildman–Crippen MR) is 117 cm³/mol. The first-order chi connectivity index (χ1) is 12.9. The Kier molecular flexibility index (Phi) is 6.64. The van der Waals surface area contributed by atoms with Gasteiger partial charge in [-0.3, -0.25) is 4.90 Å². The topological polar surface area (TPSA) is 3.24 Å². The van der Waals surface area contributed by atoms with E-state index in [9.17, 15) is 0 Å². The number of hydrogen-bond acceptors (Lipinski definition) is 1. The molecule has 4 aromatic carbocycles. The molecule has 0 aliphatic rings. The van der Waals surface area contributed by atoms with Crippen LogP contribution in [0.3, 0.4) is 0 Å². The SMILES string of the molecule is Cl.c1ccc(CN(Cc2ccccc2)Cc2cccc3ccccc23)cc1. The van der Waals surface area contributed by atoms with E-state index in [4.69, 9.17) is 0 Å². The van der Waals surface area contributed by atoms with Crippen LogP contribution in [0, 0.1) is 0 Å². The van der Waals surface area contributed by atoms with E-state index in [1.165, 1.54) is 27.5 Å². The van der Waals surface area contributed by atoms with Gasteiger partial charge in [0.1, 0.15) is 0 Å². The molecular weight excluding hydrogens is 350 g/mol. The molecule has 27 heavy (non-hydrogen) atoms. The van der Waals surface area contributed by atoms with E-state index in [0.29, 0.717) is 0 Å². The van der Waals surface area contributed by atoms with Gasteiger partial charge in [0.15, 0.2) is 0 Å². The van der Waals surface area contributed by atoms with Gasteiger partial charge in [-0.15, -0.1) is 12.4 Å². The number of rotatable bonds is 6. The Bertz CT molecular complexity index is 920. The first-order valence-corrected chi connectivity index (χ1v) is 9.15. The Balaban J connectivity index is 0.00000210. The van der Waals surface area contributed by atoms with Crippen molar-refractivity contribution in [3.63, 3.8) is 0 Å². The van der Waals surface area contributed by atoms with Gasteiger partial charge in [0.2, 0.25) is 0 Å². The van der Waals surface area contributed by atoms with Crippen LogP contribution in [0.25, 0.3) is 10.8 Å². The van der Waals surface area contributed by atoms with E-state index in [1.54, 1.807) is 0 Å². The fraction of sp³-hybridized carbons (Fsp3) is 0.120. The molecular formula is C25H24ClN. The zero-order chi connectivity index (χ0) is 17.6. The van der Waals surface area contributed by atoms with Gasteiger partial charge in [0, 0.05) is 19.6 Å². The molecule has 0 aliphatic heterocycles. The maximum absolute atomic E-state index is 2.52. The molecule has 0 atom stereocenters. The summed E-state index contributed by atoms with van der Waals surface area (Å²) in [5.74, 6) is 0. The maximum Gasteiger partial charge on any atom is 0.0246 e. The van der Waals surface area contributed by atoms with Crippen LogP contribution in [0.4, 0.5) is 0 Å². The summed E-state index contributed by atoms with van der Waals surface area (Å²) in [6.07, 6.45) is 0. The summed E-state index contributed by atoms with van der Waals surface area (Å²) in [7, 11) is 0. The average molecular weight is 374 g/mol. The van der Waals surface area contributed by atoms with Crippen LogP contribution in [0.2, 0.25) is 0 Å². The van der Waals surface area contributed by atoms with Crippen LogP contribution < -0.4 is 0 Å². The molecule has 0 spiro atoms. The quantitative estimate of drug-likeness (QED) is 0.374.